The summed E-state index contributed by atoms with van der Waals surface area (Å²) >= 11 is 3.44. The highest BCUT2D eigenvalue weighted by molar-refractivity contribution is 9.10. The summed E-state index contributed by atoms with van der Waals surface area (Å²) in [5.74, 6) is 0.139. The van der Waals surface area contributed by atoms with Crippen LogP contribution in [0.3, 0.4) is 0 Å². The molecular formula is C16H20BrNO3S. The smallest absolute Gasteiger partial charge is 0.246 e. The van der Waals surface area contributed by atoms with Gasteiger partial charge in [0.05, 0.1) is 11.5 Å². The molecule has 1 aliphatic rings. The lowest BCUT2D eigenvalue weighted by Gasteiger charge is -2.26. The number of carbonyl (C=O) groups is 1. The van der Waals surface area contributed by atoms with E-state index in [2.05, 4.69) is 15.9 Å². The summed E-state index contributed by atoms with van der Waals surface area (Å²) in [6.07, 6.45) is 4.64. The Labute approximate surface area is 140 Å². The molecular weight excluding hydrogens is 366 g/mol. The minimum atomic E-state index is -2.99. The highest BCUT2D eigenvalue weighted by Crippen LogP contribution is 2.20. The molecule has 1 atom stereocenters. The molecule has 2 rings (SSSR count). The topological polar surface area (TPSA) is 54.5 Å². The van der Waals surface area contributed by atoms with E-state index >= 15 is 0 Å². The second-order valence-corrected chi connectivity index (χ2v) is 8.53. The number of nitrogens with zero attached hydrogens (tertiary/aromatic N) is 1. The fourth-order valence-electron chi connectivity index (χ4n) is 2.60. The molecule has 1 fully saturated rings. The van der Waals surface area contributed by atoms with Gasteiger partial charge in [0.1, 0.15) is 0 Å². The zero-order chi connectivity index (χ0) is 16.2. The third-order valence-electron chi connectivity index (χ3n) is 3.71. The van der Waals surface area contributed by atoms with Gasteiger partial charge in [-0.3, -0.25) is 4.79 Å². The number of hydrogen-bond donors (Lipinski definition) is 0. The van der Waals surface area contributed by atoms with Gasteiger partial charge in [-0.2, -0.15) is 0 Å². The Morgan fingerprint density at radius 3 is 2.73 bits per heavy atom. The molecule has 120 valence electrons. The molecule has 0 aliphatic carbocycles. The number of carbonyl (C=O) groups excluding carboxylic acids is 1. The van der Waals surface area contributed by atoms with Gasteiger partial charge in [0, 0.05) is 23.1 Å². The first-order valence-corrected chi connectivity index (χ1v) is 9.98. The predicted molar refractivity (Wildman–Crippen MR) is 92.2 cm³/mol. The number of benzene rings is 1. The normalized spacial score (nSPS) is 20.4. The molecule has 0 aromatic heterocycles. The number of halogens is 1. The van der Waals surface area contributed by atoms with Crippen LogP contribution in [0.4, 0.5) is 0 Å². The van der Waals surface area contributed by atoms with Crippen LogP contribution in [0.15, 0.2) is 34.8 Å². The van der Waals surface area contributed by atoms with Crippen molar-refractivity contribution >= 4 is 37.8 Å². The van der Waals surface area contributed by atoms with E-state index in [1.807, 2.05) is 31.2 Å². The maximum atomic E-state index is 12.4. The molecule has 0 N–H and O–H groups in total. The Hall–Kier alpha value is -1.14. The van der Waals surface area contributed by atoms with Crippen molar-refractivity contribution in [1.82, 2.24) is 4.90 Å². The fourth-order valence-corrected chi connectivity index (χ4v) is 4.75. The van der Waals surface area contributed by atoms with Gasteiger partial charge in [-0.15, -0.1) is 0 Å². The van der Waals surface area contributed by atoms with E-state index in [9.17, 15) is 13.2 Å². The summed E-state index contributed by atoms with van der Waals surface area (Å²) in [6.45, 7) is 2.57. The van der Waals surface area contributed by atoms with Crippen molar-refractivity contribution < 1.29 is 13.2 Å². The van der Waals surface area contributed by atoms with Crippen LogP contribution in [0.1, 0.15) is 25.3 Å². The van der Waals surface area contributed by atoms with Crippen LogP contribution in [0.25, 0.3) is 6.08 Å². The first-order valence-electron chi connectivity index (χ1n) is 7.36. The summed E-state index contributed by atoms with van der Waals surface area (Å²) in [5, 5.41) is 0. The summed E-state index contributed by atoms with van der Waals surface area (Å²) in [6, 6.07) is 7.45. The molecule has 1 unspecified atom stereocenters. The maximum Gasteiger partial charge on any atom is 0.246 e. The Balaban J connectivity index is 2.12. The van der Waals surface area contributed by atoms with Crippen LogP contribution in [0.5, 0.6) is 0 Å². The van der Waals surface area contributed by atoms with Crippen molar-refractivity contribution in [2.75, 3.05) is 18.1 Å². The van der Waals surface area contributed by atoms with Crippen LogP contribution < -0.4 is 0 Å². The lowest BCUT2D eigenvalue weighted by atomic mass is 10.2. The van der Waals surface area contributed by atoms with Gasteiger partial charge in [0.25, 0.3) is 0 Å². The van der Waals surface area contributed by atoms with E-state index in [-0.39, 0.29) is 23.5 Å². The van der Waals surface area contributed by atoms with E-state index in [0.717, 1.165) is 16.5 Å². The minimum absolute atomic E-state index is 0.0849. The Morgan fingerprint density at radius 2 is 2.14 bits per heavy atom. The first-order chi connectivity index (χ1) is 10.4. The second-order valence-electron chi connectivity index (χ2n) is 5.44. The Morgan fingerprint density at radius 1 is 1.41 bits per heavy atom. The number of rotatable bonds is 5. The molecule has 6 heteroatoms. The average Bonchev–Trinajstić information content (AvgIpc) is 2.83. The summed E-state index contributed by atoms with van der Waals surface area (Å²) in [4.78, 5) is 14.1. The molecule has 1 aromatic rings. The molecule has 0 spiro atoms. The van der Waals surface area contributed by atoms with Crippen LogP contribution in [-0.4, -0.2) is 43.3 Å². The zero-order valence-electron chi connectivity index (χ0n) is 12.5. The summed E-state index contributed by atoms with van der Waals surface area (Å²) in [5.41, 5.74) is 0.923. The Bertz CT molecular complexity index is 670. The van der Waals surface area contributed by atoms with Crippen LogP contribution in [0, 0.1) is 0 Å². The minimum Gasteiger partial charge on any atom is -0.335 e. The first kappa shape index (κ1) is 17.2. The lowest BCUT2D eigenvalue weighted by Crippen LogP contribution is -2.40. The molecule has 1 amide bonds. The average molecular weight is 386 g/mol. The van der Waals surface area contributed by atoms with Crippen LogP contribution >= 0.6 is 15.9 Å². The van der Waals surface area contributed by atoms with Crippen LogP contribution in [-0.2, 0) is 14.6 Å². The quantitative estimate of drug-likeness (QED) is 0.732. The number of amides is 1. The summed E-state index contributed by atoms with van der Waals surface area (Å²) in [7, 11) is -2.99. The van der Waals surface area contributed by atoms with Crippen molar-refractivity contribution in [3.8, 4) is 0 Å². The van der Waals surface area contributed by atoms with E-state index in [4.69, 9.17) is 0 Å². The van der Waals surface area contributed by atoms with Crippen molar-refractivity contribution in [2.45, 2.75) is 25.8 Å². The van der Waals surface area contributed by atoms with Crippen molar-refractivity contribution in [3.05, 3.63) is 40.4 Å². The van der Waals surface area contributed by atoms with Gasteiger partial charge in [-0.05, 0) is 30.5 Å². The van der Waals surface area contributed by atoms with Gasteiger partial charge in [-0.25, -0.2) is 8.42 Å². The SMILES string of the molecule is CCCN(C(=O)C=Cc1ccccc1Br)C1CCS(=O)(=O)C1. The summed E-state index contributed by atoms with van der Waals surface area (Å²) < 4.78 is 24.2. The monoisotopic (exact) mass is 385 g/mol. The number of sulfone groups is 1. The molecule has 1 saturated heterocycles. The maximum absolute atomic E-state index is 12.4. The van der Waals surface area contributed by atoms with Gasteiger partial charge < -0.3 is 4.90 Å². The van der Waals surface area contributed by atoms with Gasteiger partial charge >= 0.3 is 0 Å². The van der Waals surface area contributed by atoms with E-state index in [0.29, 0.717) is 13.0 Å². The van der Waals surface area contributed by atoms with E-state index in [1.54, 1.807) is 11.0 Å². The van der Waals surface area contributed by atoms with Gasteiger partial charge in [-0.1, -0.05) is 41.1 Å². The fraction of sp³-hybridized carbons (Fsp3) is 0.438. The van der Waals surface area contributed by atoms with Crippen molar-refractivity contribution in [1.29, 1.82) is 0 Å². The van der Waals surface area contributed by atoms with Crippen molar-refractivity contribution in [2.24, 2.45) is 0 Å². The highest BCUT2D eigenvalue weighted by atomic mass is 79.9. The van der Waals surface area contributed by atoms with Crippen molar-refractivity contribution in [3.63, 3.8) is 0 Å². The zero-order valence-corrected chi connectivity index (χ0v) is 14.9. The van der Waals surface area contributed by atoms with Gasteiger partial charge in [0.15, 0.2) is 9.84 Å². The predicted octanol–water partition coefficient (Wildman–Crippen LogP) is 2.89. The molecule has 0 saturated carbocycles. The highest BCUT2D eigenvalue weighted by Gasteiger charge is 2.33. The largest absolute Gasteiger partial charge is 0.335 e. The molecule has 1 heterocycles. The molecule has 22 heavy (non-hydrogen) atoms. The van der Waals surface area contributed by atoms with E-state index < -0.39 is 9.84 Å². The third kappa shape index (κ3) is 4.43. The van der Waals surface area contributed by atoms with Crippen LogP contribution in [0.2, 0.25) is 0 Å². The molecule has 1 aromatic carbocycles. The lowest BCUT2D eigenvalue weighted by molar-refractivity contribution is -0.127. The third-order valence-corrected chi connectivity index (χ3v) is 6.18. The van der Waals surface area contributed by atoms with E-state index in [1.165, 1.54) is 6.08 Å². The molecule has 0 radical (unpaired) electrons. The molecule has 0 bridgehead atoms. The Kier molecular flexibility index (Phi) is 5.81. The number of hydrogen-bond acceptors (Lipinski definition) is 3. The molecule has 4 nitrogen and oxygen atoms in total. The second kappa shape index (κ2) is 7.42. The standard InChI is InChI=1S/C16H20BrNO3S/c1-2-10-18(14-9-11-22(20,21)12-14)16(19)8-7-13-5-3-4-6-15(13)17/h3-8,14H,2,9-12H2,1H3. The van der Waals surface area contributed by atoms with Gasteiger partial charge in [0.2, 0.25) is 5.91 Å². The molecule has 1 aliphatic heterocycles.